The second-order valence-corrected chi connectivity index (χ2v) is 3.22. The molecule has 4 nitrogen and oxygen atoms in total. The molecule has 4 heteroatoms. The first-order chi connectivity index (χ1) is 5.65. The summed E-state index contributed by atoms with van der Waals surface area (Å²) in [5.41, 5.74) is 5.47. The Bertz CT molecular complexity index is 170. The number of carbonyl (C=O) groups is 1. The summed E-state index contributed by atoms with van der Waals surface area (Å²) in [6, 6.07) is -0.388. The predicted octanol–water partition coefficient (Wildman–Crippen LogP) is -0.419. The Hall–Kier alpha value is -0.610. The van der Waals surface area contributed by atoms with Crippen LogP contribution in [0.15, 0.2) is 0 Å². The smallest absolute Gasteiger partial charge is 0.239 e. The Kier molecular flexibility index (Phi) is 3.05. The van der Waals surface area contributed by atoms with E-state index in [1.54, 1.807) is 18.9 Å². The highest BCUT2D eigenvalue weighted by Gasteiger charge is 2.27. The number of amides is 1. The van der Waals surface area contributed by atoms with Crippen molar-refractivity contribution in [2.24, 2.45) is 5.73 Å². The molecule has 12 heavy (non-hydrogen) atoms. The monoisotopic (exact) mass is 172 g/mol. The van der Waals surface area contributed by atoms with Crippen LogP contribution in [0, 0.1) is 0 Å². The van der Waals surface area contributed by atoms with Gasteiger partial charge in [-0.25, -0.2) is 0 Å². The predicted molar refractivity (Wildman–Crippen MR) is 45.6 cm³/mol. The number of hydrogen-bond acceptors (Lipinski definition) is 3. The van der Waals surface area contributed by atoms with Crippen LogP contribution in [0.5, 0.6) is 0 Å². The summed E-state index contributed by atoms with van der Waals surface area (Å²) in [4.78, 5) is 13.1. The van der Waals surface area contributed by atoms with Gasteiger partial charge in [0.05, 0.1) is 12.1 Å². The standard InChI is InChI=1S/C8H16N2O2/c1-6(9)8(11)10-4-3-7(5-10)12-2/h6-7H,3-5,9H2,1-2H3/t6?,7-/m0/s1. The van der Waals surface area contributed by atoms with Gasteiger partial charge in [-0.1, -0.05) is 0 Å². The Morgan fingerprint density at radius 1 is 1.75 bits per heavy atom. The molecule has 1 heterocycles. The Morgan fingerprint density at radius 3 is 2.83 bits per heavy atom. The number of carbonyl (C=O) groups excluding carboxylic acids is 1. The van der Waals surface area contributed by atoms with E-state index in [0.717, 1.165) is 13.0 Å². The van der Waals surface area contributed by atoms with Gasteiger partial charge in [-0.15, -0.1) is 0 Å². The topological polar surface area (TPSA) is 55.6 Å². The molecule has 70 valence electrons. The average molecular weight is 172 g/mol. The lowest BCUT2D eigenvalue weighted by Crippen LogP contribution is -2.41. The molecule has 0 radical (unpaired) electrons. The highest BCUT2D eigenvalue weighted by atomic mass is 16.5. The van der Waals surface area contributed by atoms with Gasteiger partial charge in [0.2, 0.25) is 5.91 Å². The van der Waals surface area contributed by atoms with Crippen LogP contribution < -0.4 is 5.73 Å². The molecule has 2 N–H and O–H groups in total. The first-order valence-electron chi connectivity index (χ1n) is 4.22. The van der Waals surface area contributed by atoms with Crippen LogP contribution in [0.3, 0.4) is 0 Å². The molecule has 1 saturated heterocycles. The van der Waals surface area contributed by atoms with Gasteiger partial charge in [-0.05, 0) is 13.3 Å². The van der Waals surface area contributed by atoms with Crippen LogP contribution >= 0.6 is 0 Å². The van der Waals surface area contributed by atoms with Gasteiger partial charge in [0.25, 0.3) is 0 Å². The molecule has 2 atom stereocenters. The molecule has 0 bridgehead atoms. The number of ether oxygens (including phenoxy) is 1. The van der Waals surface area contributed by atoms with Gasteiger partial charge in [0.15, 0.2) is 0 Å². The van der Waals surface area contributed by atoms with E-state index in [1.807, 2.05) is 0 Å². The molecule has 0 aromatic heterocycles. The second-order valence-electron chi connectivity index (χ2n) is 3.22. The second kappa shape index (κ2) is 3.87. The van der Waals surface area contributed by atoms with Crippen molar-refractivity contribution in [3.8, 4) is 0 Å². The van der Waals surface area contributed by atoms with E-state index in [1.165, 1.54) is 0 Å². The van der Waals surface area contributed by atoms with Crippen molar-refractivity contribution in [1.29, 1.82) is 0 Å². The summed E-state index contributed by atoms with van der Waals surface area (Å²) in [6.45, 7) is 3.18. The van der Waals surface area contributed by atoms with Crippen LogP contribution in [-0.4, -0.2) is 43.2 Å². The summed E-state index contributed by atoms with van der Waals surface area (Å²) < 4.78 is 5.14. The van der Waals surface area contributed by atoms with E-state index in [-0.39, 0.29) is 18.1 Å². The minimum absolute atomic E-state index is 0.0227. The molecule has 0 aromatic rings. The molecule has 0 aromatic carbocycles. The summed E-state index contributed by atoms with van der Waals surface area (Å²) in [7, 11) is 1.67. The zero-order valence-corrected chi connectivity index (χ0v) is 7.62. The zero-order valence-electron chi connectivity index (χ0n) is 7.62. The molecular formula is C8H16N2O2. The molecule has 0 aliphatic carbocycles. The molecular weight excluding hydrogens is 156 g/mol. The SMILES string of the molecule is CO[C@H]1CCN(C(=O)C(C)N)C1. The maximum Gasteiger partial charge on any atom is 0.239 e. The van der Waals surface area contributed by atoms with E-state index in [2.05, 4.69) is 0 Å². The lowest BCUT2D eigenvalue weighted by Gasteiger charge is -2.17. The third-order valence-corrected chi connectivity index (χ3v) is 2.18. The molecule has 1 rings (SSSR count). The molecule has 1 amide bonds. The van der Waals surface area contributed by atoms with Crippen molar-refractivity contribution in [2.45, 2.75) is 25.5 Å². The highest BCUT2D eigenvalue weighted by Crippen LogP contribution is 2.12. The van der Waals surface area contributed by atoms with Gasteiger partial charge in [-0.2, -0.15) is 0 Å². The van der Waals surface area contributed by atoms with Crippen LogP contribution in [-0.2, 0) is 9.53 Å². The van der Waals surface area contributed by atoms with Gasteiger partial charge >= 0.3 is 0 Å². The van der Waals surface area contributed by atoms with Gasteiger partial charge < -0.3 is 15.4 Å². The molecule has 0 spiro atoms. The molecule has 1 fully saturated rings. The molecule has 1 unspecified atom stereocenters. The highest BCUT2D eigenvalue weighted by molar-refractivity contribution is 5.81. The van der Waals surface area contributed by atoms with Crippen LogP contribution in [0.4, 0.5) is 0 Å². The van der Waals surface area contributed by atoms with E-state index >= 15 is 0 Å². The molecule has 1 aliphatic rings. The first-order valence-corrected chi connectivity index (χ1v) is 4.22. The van der Waals surface area contributed by atoms with Crippen molar-refractivity contribution in [1.82, 2.24) is 4.90 Å². The molecule has 1 aliphatic heterocycles. The van der Waals surface area contributed by atoms with E-state index in [0.29, 0.717) is 6.54 Å². The van der Waals surface area contributed by atoms with E-state index in [4.69, 9.17) is 10.5 Å². The van der Waals surface area contributed by atoms with E-state index < -0.39 is 0 Å². The number of nitrogens with two attached hydrogens (primary N) is 1. The summed E-state index contributed by atoms with van der Waals surface area (Å²) in [6.07, 6.45) is 1.13. The third kappa shape index (κ3) is 1.95. The Morgan fingerprint density at radius 2 is 2.42 bits per heavy atom. The van der Waals surface area contributed by atoms with Crippen LogP contribution in [0.25, 0.3) is 0 Å². The number of methoxy groups -OCH3 is 1. The minimum atomic E-state index is -0.388. The summed E-state index contributed by atoms with van der Waals surface area (Å²) in [5, 5.41) is 0. The van der Waals surface area contributed by atoms with Crippen LogP contribution in [0.1, 0.15) is 13.3 Å². The Labute approximate surface area is 72.7 Å². The maximum absolute atomic E-state index is 11.4. The largest absolute Gasteiger partial charge is 0.380 e. The third-order valence-electron chi connectivity index (χ3n) is 2.18. The average Bonchev–Trinajstić information content (AvgIpc) is 2.50. The van der Waals surface area contributed by atoms with Crippen molar-refractivity contribution >= 4 is 5.91 Å². The maximum atomic E-state index is 11.4. The Balaban J connectivity index is 2.41. The normalized spacial score (nSPS) is 25.9. The molecule has 0 saturated carbocycles. The van der Waals surface area contributed by atoms with Crippen molar-refractivity contribution in [3.63, 3.8) is 0 Å². The number of likely N-dealkylation sites (tertiary alicyclic amines) is 1. The number of nitrogens with zero attached hydrogens (tertiary/aromatic N) is 1. The van der Waals surface area contributed by atoms with Gasteiger partial charge in [0.1, 0.15) is 0 Å². The fraction of sp³-hybridized carbons (Fsp3) is 0.875. The van der Waals surface area contributed by atoms with E-state index in [9.17, 15) is 4.79 Å². The van der Waals surface area contributed by atoms with Crippen LogP contribution in [0.2, 0.25) is 0 Å². The summed E-state index contributed by atoms with van der Waals surface area (Å²) >= 11 is 0. The van der Waals surface area contributed by atoms with Crippen molar-refractivity contribution < 1.29 is 9.53 Å². The quantitative estimate of drug-likeness (QED) is 0.615. The van der Waals surface area contributed by atoms with Gasteiger partial charge in [0, 0.05) is 20.2 Å². The summed E-state index contributed by atoms with van der Waals surface area (Å²) in [5.74, 6) is 0.0227. The zero-order chi connectivity index (χ0) is 9.14. The number of hydrogen-bond donors (Lipinski definition) is 1. The fourth-order valence-corrected chi connectivity index (χ4v) is 1.41. The fourth-order valence-electron chi connectivity index (χ4n) is 1.41. The number of rotatable bonds is 2. The van der Waals surface area contributed by atoms with Crippen molar-refractivity contribution in [3.05, 3.63) is 0 Å². The van der Waals surface area contributed by atoms with Gasteiger partial charge in [-0.3, -0.25) is 4.79 Å². The minimum Gasteiger partial charge on any atom is -0.380 e. The first kappa shape index (κ1) is 9.48. The van der Waals surface area contributed by atoms with Crippen molar-refractivity contribution in [2.75, 3.05) is 20.2 Å². The lowest BCUT2D eigenvalue weighted by molar-refractivity contribution is -0.131. The lowest BCUT2D eigenvalue weighted by atomic mass is 10.3.